The summed E-state index contributed by atoms with van der Waals surface area (Å²) in [5.74, 6) is -0.666. The van der Waals surface area contributed by atoms with Crippen LogP contribution < -0.4 is 14.2 Å². The first-order valence-electron chi connectivity index (χ1n) is 9.51. The monoisotopic (exact) mass is 411 g/mol. The fourth-order valence-electron chi connectivity index (χ4n) is 3.77. The Labute approximate surface area is 172 Å². The summed E-state index contributed by atoms with van der Waals surface area (Å²) in [4.78, 5) is 27.0. The molecule has 0 aromatic heterocycles. The van der Waals surface area contributed by atoms with Gasteiger partial charge in [-0.1, -0.05) is 13.0 Å². The largest absolute Gasteiger partial charge is 0.507 e. The molecule has 1 saturated heterocycles. The number of Topliss-reactive ketones (excluding diaryl/α,β-unsaturated/α-hetero) is 1. The van der Waals surface area contributed by atoms with E-state index in [1.807, 2.05) is 6.92 Å². The number of phenolic OH excluding ortho intramolecular Hbond substituents is 1. The van der Waals surface area contributed by atoms with Gasteiger partial charge in [0.05, 0.1) is 18.7 Å². The van der Waals surface area contributed by atoms with E-state index in [-0.39, 0.29) is 29.6 Å². The molecular weight excluding hydrogens is 390 g/mol. The van der Waals surface area contributed by atoms with E-state index in [0.717, 1.165) is 0 Å². The second-order valence-corrected chi connectivity index (χ2v) is 6.99. The Morgan fingerprint density at radius 2 is 1.93 bits per heavy atom. The number of ether oxygens (including phenoxy) is 3. The molecule has 2 aliphatic heterocycles. The van der Waals surface area contributed by atoms with Crippen LogP contribution in [0, 0.1) is 0 Å². The van der Waals surface area contributed by atoms with Crippen LogP contribution in [0.2, 0.25) is 0 Å². The number of benzene rings is 2. The molecule has 0 saturated carbocycles. The lowest BCUT2D eigenvalue weighted by Gasteiger charge is -2.25. The minimum Gasteiger partial charge on any atom is -0.507 e. The van der Waals surface area contributed by atoms with E-state index in [4.69, 9.17) is 14.2 Å². The molecule has 156 valence electrons. The number of fused-ring (bicyclic) bond motifs is 1. The fourth-order valence-corrected chi connectivity index (χ4v) is 3.77. The van der Waals surface area contributed by atoms with Crippen LogP contribution in [0.15, 0.2) is 42.0 Å². The summed E-state index contributed by atoms with van der Waals surface area (Å²) in [6.07, 6.45) is 0.621. The van der Waals surface area contributed by atoms with Gasteiger partial charge in [0, 0.05) is 12.1 Å². The summed E-state index contributed by atoms with van der Waals surface area (Å²) < 4.78 is 15.7. The number of carbonyl (C=O) groups is 2. The van der Waals surface area contributed by atoms with E-state index < -0.39 is 17.7 Å². The summed E-state index contributed by atoms with van der Waals surface area (Å²) in [6, 6.07) is 8.60. The number of hydrogen-bond acceptors (Lipinski definition) is 7. The van der Waals surface area contributed by atoms with Crippen LogP contribution in [0.3, 0.4) is 0 Å². The van der Waals surface area contributed by atoms with Crippen LogP contribution in [-0.4, -0.2) is 47.3 Å². The molecule has 2 heterocycles. The number of hydrogen-bond donors (Lipinski definition) is 2. The first-order chi connectivity index (χ1) is 14.5. The van der Waals surface area contributed by atoms with Gasteiger partial charge in [-0.3, -0.25) is 9.59 Å². The van der Waals surface area contributed by atoms with Crippen molar-refractivity contribution in [3.05, 3.63) is 53.1 Å². The summed E-state index contributed by atoms with van der Waals surface area (Å²) in [5, 5.41) is 21.2. The third-order valence-electron chi connectivity index (χ3n) is 5.17. The zero-order chi connectivity index (χ0) is 21.4. The molecule has 1 atom stereocenters. The van der Waals surface area contributed by atoms with E-state index in [9.17, 15) is 19.8 Å². The molecule has 2 aliphatic rings. The van der Waals surface area contributed by atoms with Gasteiger partial charge < -0.3 is 29.3 Å². The number of aliphatic hydroxyl groups is 1. The van der Waals surface area contributed by atoms with Crippen LogP contribution >= 0.6 is 0 Å². The standard InChI is InChI=1S/C22H21NO7/c1-3-8-23-19(12-4-6-15(28-2)14(24)9-12)18(21(26)22(23)27)20(25)13-5-7-16-17(10-13)30-11-29-16/h4-7,9-10,19,24-25H,3,8,11H2,1-2H3/b20-18-. The second kappa shape index (κ2) is 7.62. The average Bonchev–Trinajstić information content (AvgIpc) is 3.31. The van der Waals surface area contributed by atoms with Gasteiger partial charge in [-0.15, -0.1) is 0 Å². The molecule has 8 heteroatoms. The van der Waals surface area contributed by atoms with Crippen molar-refractivity contribution in [3.63, 3.8) is 0 Å². The topological polar surface area (TPSA) is 106 Å². The second-order valence-electron chi connectivity index (χ2n) is 6.99. The number of likely N-dealkylation sites (tertiary alicyclic amines) is 1. The molecule has 4 rings (SSSR count). The molecule has 2 aromatic carbocycles. The third kappa shape index (κ3) is 3.10. The lowest BCUT2D eigenvalue weighted by Crippen LogP contribution is -2.30. The number of ketones is 1. The van der Waals surface area contributed by atoms with Gasteiger partial charge in [-0.2, -0.15) is 0 Å². The number of rotatable bonds is 5. The van der Waals surface area contributed by atoms with Gasteiger partial charge in [-0.25, -0.2) is 0 Å². The maximum Gasteiger partial charge on any atom is 0.295 e. The van der Waals surface area contributed by atoms with E-state index >= 15 is 0 Å². The molecule has 0 aliphatic carbocycles. The number of nitrogens with zero attached hydrogens (tertiary/aromatic N) is 1. The van der Waals surface area contributed by atoms with Crippen LogP contribution in [-0.2, 0) is 9.59 Å². The highest BCUT2D eigenvalue weighted by Crippen LogP contribution is 2.43. The van der Waals surface area contributed by atoms with Crippen LogP contribution in [0.4, 0.5) is 0 Å². The van der Waals surface area contributed by atoms with Crippen molar-refractivity contribution in [2.75, 3.05) is 20.4 Å². The van der Waals surface area contributed by atoms with Crippen molar-refractivity contribution in [1.82, 2.24) is 4.90 Å². The Kier molecular flexibility index (Phi) is 4.99. The van der Waals surface area contributed by atoms with Gasteiger partial charge in [0.2, 0.25) is 6.79 Å². The van der Waals surface area contributed by atoms with Crippen LogP contribution in [0.25, 0.3) is 5.76 Å². The molecule has 2 aromatic rings. The van der Waals surface area contributed by atoms with Crippen molar-refractivity contribution in [1.29, 1.82) is 0 Å². The Morgan fingerprint density at radius 3 is 2.63 bits per heavy atom. The number of aromatic hydroxyl groups is 1. The van der Waals surface area contributed by atoms with Crippen molar-refractivity contribution in [2.24, 2.45) is 0 Å². The Morgan fingerprint density at radius 1 is 1.17 bits per heavy atom. The molecule has 0 spiro atoms. The maximum absolute atomic E-state index is 12.9. The minimum absolute atomic E-state index is 0.0446. The van der Waals surface area contributed by atoms with Crippen molar-refractivity contribution < 1.29 is 34.0 Å². The van der Waals surface area contributed by atoms with Crippen molar-refractivity contribution >= 4 is 17.4 Å². The van der Waals surface area contributed by atoms with E-state index in [1.165, 1.54) is 18.1 Å². The molecular formula is C22H21NO7. The summed E-state index contributed by atoms with van der Waals surface area (Å²) in [7, 11) is 1.43. The summed E-state index contributed by atoms with van der Waals surface area (Å²) in [6.45, 7) is 2.28. The van der Waals surface area contributed by atoms with Gasteiger partial charge >= 0.3 is 0 Å². The zero-order valence-electron chi connectivity index (χ0n) is 16.5. The van der Waals surface area contributed by atoms with Gasteiger partial charge in [0.15, 0.2) is 23.0 Å². The number of carbonyl (C=O) groups excluding carboxylic acids is 2. The molecule has 1 unspecified atom stereocenters. The Hall–Kier alpha value is -3.68. The SMILES string of the molecule is CCCN1C(=O)C(=O)/C(=C(\O)c2ccc3c(c2)OCO3)C1c1ccc(OC)c(O)c1. The van der Waals surface area contributed by atoms with E-state index in [0.29, 0.717) is 35.6 Å². The predicted octanol–water partition coefficient (Wildman–Crippen LogP) is 2.96. The highest BCUT2D eigenvalue weighted by molar-refractivity contribution is 6.46. The number of aliphatic hydroxyl groups excluding tert-OH is 1. The molecule has 0 bridgehead atoms. The lowest BCUT2D eigenvalue weighted by molar-refractivity contribution is -0.139. The highest BCUT2D eigenvalue weighted by atomic mass is 16.7. The van der Waals surface area contributed by atoms with Crippen LogP contribution in [0.5, 0.6) is 23.0 Å². The van der Waals surface area contributed by atoms with Gasteiger partial charge in [0.1, 0.15) is 5.76 Å². The lowest BCUT2D eigenvalue weighted by atomic mass is 9.95. The Balaban J connectivity index is 1.86. The first kappa shape index (κ1) is 19.6. The fraction of sp³-hybridized carbons (Fsp3) is 0.273. The molecule has 1 amide bonds. The average molecular weight is 411 g/mol. The van der Waals surface area contributed by atoms with E-state index in [2.05, 4.69) is 0 Å². The van der Waals surface area contributed by atoms with Gasteiger partial charge in [0.25, 0.3) is 11.7 Å². The maximum atomic E-state index is 12.9. The van der Waals surface area contributed by atoms with Gasteiger partial charge in [-0.05, 0) is 42.3 Å². The first-order valence-corrected chi connectivity index (χ1v) is 9.51. The molecule has 30 heavy (non-hydrogen) atoms. The minimum atomic E-state index is -0.841. The molecule has 8 nitrogen and oxygen atoms in total. The molecule has 2 N–H and O–H groups in total. The normalized spacial score (nSPS) is 19.4. The molecule has 1 fully saturated rings. The highest BCUT2D eigenvalue weighted by Gasteiger charge is 2.46. The quantitative estimate of drug-likeness (QED) is 0.443. The van der Waals surface area contributed by atoms with Crippen molar-refractivity contribution in [3.8, 4) is 23.0 Å². The number of amides is 1. The number of phenols is 1. The smallest absolute Gasteiger partial charge is 0.295 e. The Bertz CT molecular complexity index is 1060. The zero-order valence-corrected chi connectivity index (χ0v) is 16.5. The van der Waals surface area contributed by atoms with E-state index in [1.54, 1.807) is 30.3 Å². The predicted molar refractivity (Wildman–Crippen MR) is 107 cm³/mol. The molecule has 0 radical (unpaired) electrons. The summed E-state index contributed by atoms with van der Waals surface area (Å²) >= 11 is 0. The van der Waals surface area contributed by atoms with Crippen LogP contribution in [0.1, 0.15) is 30.5 Å². The summed E-state index contributed by atoms with van der Waals surface area (Å²) in [5.41, 5.74) is 0.775. The van der Waals surface area contributed by atoms with Crippen molar-refractivity contribution in [2.45, 2.75) is 19.4 Å². The number of methoxy groups -OCH3 is 1. The third-order valence-corrected chi connectivity index (χ3v) is 5.17.